The van der Waals surface area contributed by atoms with E-state index in [0.29, 0.717) is 35.9 Å². The Labute approximate surface area is 158 Å². The molecule has 1 atom stereocenters. The molecule has 1 aromatic carbocycles. The van der Waals surface area contributed by atoms with E-state index in [1.165, 1.54) is 12.4 Å². The van der Waals surface area contributed by atoms with Gasteiger partial charge in [-0.3, -0.25) is 4.79 Å². The van der Waals surface area contributed by atoms with Gasteiger partial charge in [0.1, 0.15) is 5.75 Å². The quantitative estimate of drug-likeness (QED) is 0.803. The van der Waals surface area contributed by atoms with Crippen molar-refractivity contribution in [3.63, 3.8) is 0 Å². The van der Waals surface area contributed by atoms with Gasteiger partial charge in [-0.25, -0.2) is 18.4 Å². The fourth-order valence-electron chi connectivity index (χ4n) is 3.13. The highest BCUT2D eigenvalue weighted by atomic mass is 32.2. The molecule has 1 aliphatic heterocycles. The molecule has 1 aromatic heterocycles. The van der Waals surface area contributed by atoms with Crippen molar-refractivity contribution < 1.29 is 17.9 Å². The monoisotopic (exact) mass is 390 g/mol. The molecule has 8 nitrogen and oxygen atoms in total. The third-order valence-electron chi connectivity index (χ3n) is 4.50. The molecular weight excluding hydrogens is 368 g/mol. The number of sulfone groups is 1. The Kier molecular flexibility index (Phi) is 5.59. The topological polar surface area (TPSA) is 101 Å². The van der Waals surface area contributed by atoms with Crippen molar-refractivity contribution in [1.82, 2.24) is 14.9 Å². The van der Waals surface area contributed by atoms with Crippen LogP contribution >= 0.6 is 0 Å². The van der Waals surface area contributed by atoms with Crippen LogP contribution in [0.4, 0.5) is 11.6 Å². The third kappa shape index (κ3) is 4.36. The number of aromatic nitrogens is 2. The van der Waals surface area contributed by atoms with Gasteiger partial charge in [0.15, 0.2) is 9.84 Å². The number of rotatable bonds is 6. The Morgan fingerprint density at radius 2 is 2.00 bits per heavy atom. The van der Waals surface area contributed by atoms with Gasteiger partial charge in [0.2, 0.25) is 5.95 Å². The molecule has 0 saturated carbocycles. The maximum atomic E-state index is 12.8. The van der Waals surface area contributed by atoms with E-state index < -0.39 is 9.84 Å². The van der Waals surface area contributed by atoms with E-state index >= 15 is 0 Å². The molecule has 9 heteroatoms. The molecule has 1 saturated heterocycles. The van der Waals surface area contributed by atoms with Gasteiger partial charge in [0, 0.05) is 25.0 Å². The Balaban J connectivity index is 1.73. The highest BCUT2D eigenvalue weighted by Gasteiger charge is 2.34. The first-order chi connectivity index (χ1) is 12.9. The van der Waals surface area contributed by atoms with Gasteiger partial charge in [-0.1, -0.05) is 12.1 Å². The van der Waals surface area contributed by atoms with E-state index in [9.17, 15) is 13.2 Å². The summed E-state index contributed by atoms with van der Waals surface area (Å²) in [5.41, 5.74) is 1.04. The average Bonchev–Trinajstić information content (AvgIpc) is 3.03. The number of nitrogens with zero attached hydrogens (tertiary/aromatic N) is 3. The van der Waals surface area contributed by atoms with Crippen LogP contribution in [0.25, 0.3) is 0 Å². The van der Waals surface area contributed by atoms with E-state index in [0.717, 1.165) is 0 Å². The number of para-hydroxylation sites is 2. The van der Waals surface area contributed by atoms with Crippen LogP contribution in [0.1, 0.15) is 23.7 Å². The highest BCUT2D eigenvalue weighted by molar-refractivity contribution is 7.91. The predicted molar refractivity (Wildman–Crippen MR) is 102 cm³/mol. The zero-order chi connectivity index (χ0) is 19.4. The van der Waals surface area contributed by atoms with Gasteiger partial charge >= 0.3 is 0 Å². The first-order valence-electron chi connectivity index (χ1n) is 8.67. The van der Waals surface area contributed by atoms with Crippen LogP contribution in [0.3, 0.4) is 0 Å². The number of ether oxygens (including phenoxy) is 1. The standard InChI is InChI=1S/C18H22N4O4S/c1-3-22(14-8-9-27(24,25)12-14)17(23)13-10-19-18(20-11-13)21-15-6-4-5-7-16(15)26-2/h4-7,10-11,14H,3,8-9,12H2,1-2H3,(H,19,20,21). The summed E-state index contributed by atoms with van der Waals surface area (Å²) in [6, 6.07) is 7.07. The normalized spacial score (nSPS) is 18.1. The number of anilines is 2. The van der Waals surface area contributed by atoms with Crippen LogP contribution in [-0.4, -0.2) is 60.4 Å². The molecule has 1 amide bonds. The Bertz CT molecular complexity index is 915. The Hall–Kier alpha value is -2.68. The van der Waals surface area contributed by atoms with Crippen molar-refractivity contribution in [2.24, 2.45) is 0 Å². The Morgan fingerprint density at radius 3 is 2.59 bits per heavy atom. The average molecular weight is 390 g/mol. The Morgan fingerprint density at radius 1 is 1.30 bits per heavy atom. The van der Waals surface area contributed by atoms with Gasteiger partial charge in [0.05, 0.1) is 29.9 Å². The first-order valence-corrected chi connectivity index (χ1v) is 10.5. The molecule has 2 heterocycles. The maximum absolute atomic E-state index is 12.8. The summed E-state index contributed by atoms with van der Waals surface area (Å²) in [5, 5.41) is 3.05. The van der Waals surface area contributed by atoms with Crippen molar-refractivity contribution in [2.45, 2.75) is 19.4 Å². The van der Waals surface area contributed by atoms with Crippen LogP contribution in [-0.2, 0) is 9.84 Å². The molecule has 2 aromatic rings. The maximum Gasteiger partial charge on any atom is 0.257 e. The summed E-state index contributed by atoms with van der Waals surface area (Å²) in [6.45, 7) is 2.27. The number of benzene rings is 1. The van der Waals surface area contributed by atoms with Gasteiger partial charge in [-0.15, -0.1) is 0 Å². The lowest BCUT2D eigenvalue weighted by molar-refractivity contribution is 0.0707. The zero-order valence-electron chi connectivity index (χ0n) is 15.3. The zero-order valence-corrected chi connectivity index (χ0v) is 16.1. The number of nitrogens with one attached hydrogen (secondary N) is 1. The van der Waals surface area contributed by atoms with Crippen molar-refractivity contribution in [2.75, 3.05) is 30.5 Å². The molecular formula is C18H22N4O4S. The van der Waals surface area contributed by atoms with E-state index in [-0.39, 0.29) is 23.5 Å². The van der Waals surface area contributed by atoms with Gasteiger partial charge in [-0.05, 0) is 25.5 Å². The van der Waals surface area contributed by atoms with Crippen LogP contribution in [0.5, 0.6) is 5.75 Å². The smallest absolute Gasteiger partial charge is 0.257 e. The summed E-state index contributed by atoms with van der Waals surface area (Å²) in [4.78, 5) is 22.7. The second-order valence-electron chi connectivity index (χ2n) is 6.27. The third-order valence-corrected chi connectivity index (χ3v) is 6.25. The SMILES string of the molecule is CCN(C(=O)c1cnc(Nc2ccccc2OC)nc1)C1CCS(=O)(=O)C1. The van der Waals surface area contributed by atoms with Crippen molar-refractivity contribution in [1.29, 1.82) is 0 Å². The lowest BCUT2D eigenvalue weighted by Crippen LogP contribution is -2.41. The van der Waals surface area contributed by atoms with Crippen molar-refractivity contribution >= 4 is 27.4 Å². The number of hydrogen-bond donors (Lipinski definition) is 1. The molecule has 1 aliphatic rings. The summed E-state index contributed by atoms with van der Waals surface area (Å²) in [5.74, 6) is 0.868. The first kappa shape index (κ1) is 19.1. The second-order valence-corrected chi connectivity index (χ2v) is 8.50. The molecule has 0 aliphatic carbocycles. The number of carbonyl (C=O) groups excluding carboxylic acids is 1. The van der Waals surface area contributed by atoms with E-state index in [2.05, 4.69) is 15.3 Å². The van der Waals surface area contributed by atoms with Gasteiger partial charge < -0.3 is 15.0 Å². The van der Waals surface area contributed by atoms with Crippen LogP contribution in [0, 0.1) is 0 Å². The van der Waals surface area contributed by atoms with Crippen molar-refractivity contribution in [3.05, 3.63) is 42.2 Å². The van der Waals surface area contributed by atoms with E-state index in [4.69, 9.17) is 4.74 Å². The lowest BCUT2D eigenvalue weighted by Gasteiger charge is -2.26. The molecule has 0 radical (unpaired) electrons. The largest absolute Gasteiger partial charge is 0.495 e. The van der Waals surface area contributed by atoms with Crippen LogP contribution in [0.2, 0.25) is 0 Å². The van der Waals surface area contributed by atoms with E-state index in [1.807, 2.05) is 31.2 Å². The van der Waals surface area contributed by atoms with Crippen LogP contribution in [0.15, 0.2) is 36.7 Å². The summed E-state index contributed by atoms with van der Waals surface area (Å²) in [6.07, 6.45) is 3.36. The molecule has 1 N–H and O–H groups in total. The van der Waals surface area contributed by atoms with E-state index in [1.54, 1.807) is 12.0 Å². The fraction of sp³-hybridized carbons (Fsp3) is 0.389. The summed E-state index contributed by atoms with van der Waals surface area (Å²) < 4.78 is 28.7. The summed E-state index contributed by atoms with van der Waals surface area (Å²) >= 11 is 0. The van der Waals surface area contributed by atoms with Crippen molar-refractivity contribution in [3.8, 4) is 5.75 Å². The second kappa shape index (κ2) is 7.91. The molecule has 0 bridgehead atoms. The van der Waals surface area contributed by atoms with Gasteiger partial charge in [0.25, 0.3) is 5.91 Å². The molecule has 3 rings (SSSR count). The molecule has 144 valence electrons. The number of carbonyl (C=O) groups is 1. The lowest BCUT2D eigenvalue weighted by atomic mass is 10.2. The molecule has 1 fully saturated rings. The minimum Gasteiger partial charge on any atom is -0.495 e. The number of hydrogen-bond acceptors (Lipinski definition) is 7. The molecule has 1 unspecified atom stereocenters. The fourth-order valence-corrected chi connectivity index (χ4v) is 4.86. The minimum atomic E-state index is -3.06. The predicted octanol–water partition coefficient (Wildman–Crippen LogP) is 1.88. The highest BCUT2D eigenvalue weighted by Crippen LogP contribution is 2.25. The number of methoxy groups -OCH3 is 1. The summed E-state index contributed by atoms with van der Waals surface area (Å²) in [7, 11) is -1.49. The minimum absolute atomic E-state index is 0.0148. The molecule has 0 spiro atoms. The van der Waals surface area contributed by atoms with Gasteiger partial charge in [-0.2, -0.15) is 0 Å². The number of amides is 1. The molecule has 27 heavy (non-hydrogen) atoms. The van der Waals surface area contributed by atoms with Crippen LogP contribution < -0.4 is 10.1 Å².